The number of carbonyl (C=O) groups excluding carboxylic acids is 3. The van der Waals surface area contributed by atoms with Crippen LogP contribution in [0.3, 0.4) is 0 Å². The van der Waals surface area contributed by atoms with Crippen molar-refractivity contribution in [2.24, 2.45) is 11.8 Å². The van der Waals surface area contributed by atoms with Crippen LogP contribution in [0.4, 0.5) is 0 Å². The van der Waals surface area contributed by atoms with Crippen LogP contribution in [0.1, 0.15) is 142 Å². The van der Waals surface area contributed by atoms with E-state index in [0.717, 1.165) is 70.6 Å². The van der Waals surface area contributed by atoms with Gasteiger partial charge in [-0.1, -0.05) is 101 Å². The Balaban J connectivity index is 2.35. The number of esters is 2. The Bertz CT molecular complexity index is 1190. The number of hydrogen-bond donors (Lipinski definition) is 5. The Morgan fingerprint density at radius 2 is 1.39 bits per heavy atom. The van der Waals surface area contributed by atoms with Crippen molar-refractivity contribution in [3.63, 3.8) is 0 Å². The highest BCUT2D eigenvalue weighted by atomic mass is 31.2. The SMILES string of the molecule is CC/C=C\C/C=C\C/C=C\CCCCCCCC(=O)O[C@H](COC(=O)CCCCC(=O)C[C@@H]1[C@@H](/C=C/[C@@H](O)CCCCC)[C@H](O)C[C@@H]1O)COP(=O)(O)O. The van der Waals surface area contributed by atoms with E-state index in [9.17, 15) is 34.3 Å². The minimum atomic E-state index is -4.85. The van der Waals surface area contributed by atoms with Crippen LogP contribution in [-0.4, -0.2) is 80.5 Å². The molecule has 0 saturated heterocycles. The van der Waals surface area contributed by atoms with Gasteiger partial charge in [0.1, 0.15) is 12.4 Å². The molecule has 0 unspecified atom stereocenters. The standard InChI is InChI=1S/C41H69O12P/c1-3-5-7-8-9-10-11-12-13-14-15-16-17-18-20-26-41(47)53-35(32-52-54(48,49)50)31-51-40(46)25-22-21-24-34(43)29-37-36(38(44)30-39(37)45)28-27-33(42)23-19-6-4-2/h5,7,9-10,12-13,27-28,33,35-39,42,44-45H,3-4,6,8,11,14-26,29-32H2,1-2H3,(H2,48,49,50)/b7-5-,10-9-,13-12-,28-27+/t33-,35+,36+,37+,38+,39-/m0/s1. The Hall–Kier alpha value is -2.44. The van der Waals surface area contributed by atoms with E-state index in [1.165, 1.54) is 0 Å². The number of allylic oxidation sites excluding steroid dienone is 6. The number of ether oxygens (including phenoxy) is 2. The molecule has 0 radical (unpaired) electrons. The summed E-state index contributed by atoms with van der Waals surface area (Å²) in [6.45, 7) is 3.11. The van der Waals surface area contributed by atoms with Gasteiger partial charge in [-0.3, -0.25) is 18.9 Å². The van der Waals surface area contributed by atoms with Crippen LogP contribution in [-0.2, 0) is 32.9 Å². The van der Waals surface area contributed by atoms with Gasteiger partial charge >= 0.3 is 19.8 Å². The number of hydrogen-bond acceptors (Lipinski definition) is 10. The monoisotopic (exact) mass is 784 g/mol. The van der Waals surface area contributed by atoms with Crippen LogP contribution in [0.2, 0.25) is 0 Å². The van der Waals surface area contributed by atoms with Gasteiger partial charge in [0, 0.05) is 43.9 Å². The summed E-state index contributed by atoms with van der Waals surface area (Å²) < 4.78 is 26.2. The molecule has 0 bridgehead atoms. The number of phosphoric ester groups is 1. The van der Waals surface area contributed by atoms with Crippen molar-refractivity contribution in [3.05, 3.63) is 48.6 Å². The van der Waals surface area contributed by atoms with E-state index >= 15 is 0 Å². The van der Waals surface area contributed by atoms with Gasteiger partial charge in [0.15, 0.2) is 6.10 Å². The molecule has 12 nitrogen and oxygen atoms in total. The van der Waals surface area contributed by atoms with Crippen molar-refractivity contribution in [3.8, 4) is 0 Å². The lowest BCUT2D eigenvalue weighted by Crippen LogP contribution is -2.29. The summed E-state index contributed by atoms with van der Waals surface area (Å²) in [6, 6.07) is 0. The summed E-state index contributed by atoms with van der Waals surface area (Å²) in [5, 5.41) is 31.1. The van der Waals surface area contributed by atoms with Gasteiger partial charge in [-0.25, -0.2) is 4.57 Å². The molecular formula is C41H69O12P. The summed E-state index contributed by atoms with van der Waals surface area (Å²) in [4.78, 5) is 55.7. The van der Waals surface area contributed by atoms with Gasteiger partial charge in [0.05, 0.1) is 24.9 Å². The number of aliphatic hydroxyl groups excluding tert-OH is 3. The van der Waals surface area contributed by atoms with Crippen LogP contribution in [0.5, 0.6) is 0 Å². The molecule has 1 saturated carbocycles. The van der Waals surface area contributed by atoms with Crippen LogP contribution < -0.4 is 0 Å². The first-order valence-electron chi connectivity index (χ1n) is 20.1. The van der Waals surface area contributed by atoms with Crippen LogP contribution in [0.15, 0.2) is 48.6 Å². The number of carbonyl (C=O) groups is 3. The van der Waals surface area contributed by atoms with Gasteiger partial charge in [0.25, 0.3) is 0 Å². The molecule has 0 amide bonds. The fraction of sp³-hybridized carbons (Fsp3) is 0.732. The topological polar surface area (TPSA) is 197 Å². The lowest BCUT2D eigenvalue weighted by atomic mass is 9.87. The Morgan fingerprint density at radius 3 is 2.09 bits per heavy atom. The predicted molar refractivity (Wildman–Crippen MR) is 209 cm³/mol. The summed E-state index contributed by atoms with van der Waals surface area (Å²) in [7, 11) is -4.85. The molecule has 5 N–H and O–H groups in total. The lowest BCUT2D eigenvalue weighted by Gasteiger charge is -2.20. The first-order valence-corrected chi connectivity index (χ1v) is 21.6. The fourth-order valence-electron chi connectivity index (χ4n) is 6.26. The van der Waals surface area contributed by atoms with Crippen molar-refractivity contribution in [2.75, 3.05) is 13.2 Å². The van der Waals surface area contributed by atoms with Crippen LogP contribution in [0.25, 0.3) is 0 Å². The fourth-order valence-corrected chi connectivity index (χ4v) is 6.63. The first kappa shape index (κ1) is 49.6. The van der Waals surface area contributed by atoms with Crippen molar-refractivity contribution >= 4 is 25.5 Å². The maximum atomic E-state index is 12.7. The number of unbranched alkanes of at least 4 members (excludes halogenated alkanes) is 8. The molecule has 0 aromatic heterocycles. The molecule has 0 aliphatic heterocycles. The molecule has 1 rings (SSSR count). The second-order valence-electron chi connectivity index (χ2n) is 14.2. The van der Waals surface area contributed by atoms with Crippen LogP contribution >= 0.6 is 7.82 Å². The number of rotatable bonds is 32. The van der Waals surface area contributed by atoms with E-state index in [1.807, 2.05) is 0 Å². The summed E-state index contributed by atoms with van der Waals surface area (Å²) >= 11 is 0. The molecule has 54 heavy (non-hydrogen) atoms. The Morgan fingerprint density at radius 1 is 0.759 bits per heavy atom. The zero-order valence-corrected chi connectivity index (χ0v) is 33.6. The molecule has 310 valence electrons. The average Bonchev–Trinajstić information content (AvgIpc) is 3.38. The Labute approximate surface area is 323 Å². The maximum absolute atomic E-state index is 12.7. The smallest absolute Gasteiger partial charge is 0.462 e. The van der Waals surface area contributed by atoms with Gasteiger partial charge in [0.2, 0.25) is 0 Å². The first-order chi connectivity index (χ1) is 25.9. The zero-order chi connectivity index (χ0) is 40.0. The second-order valence-corrected chi connectivity index (χ2v) is 15.4. The molecular weight excluding hydrogens is 715 g/mol. The highest BCUT2D eigenvalue weighted by molar-refractivity contribution is 7.46. The number of ketones is 1. The normalized spacial score (nSPS) is 20.4. The van der Waals surface area contributed by atoms with E-state index in [2.05, 4.69) is 54.8 Å². The van der Waals surface area contributed by atoms with Gasteiger partial charge in [-0.2, -0.15) is 0 Å². The predicted octanol–water partition coefficient (Wildman–Crippen LogP) is 7.52. The third-order valence-corrected chi connectivity index (χ3v) is 9.80. The molecule has 0 aromatic rings. The molecule has 13 heteroatoms. The molecule has 0 heterocycles. The number of Topliss-reactive ketones (excluding diaryl/α,β-unsaturated/α-hetero) is 1. The summed E-state index contributed by atoms with van der Waals surface area (Å²) in [6.07, 6.45) is 26.1. The molecule has 0 aromatic carbocycles. The zero-order valence-electron chi connectivity index (χ0n) is 32.7. The third-order valence-electron chi connectivity index (χ3n) is 9.31. The van der Waals surface area contributed by atoms with Gasteiger partial charge < -0.3 is 34.6 Å². The van der Waals surface area contributed by atoms with E-state index in [0.29, 0.717) is 25.7 Å². The number of phosphoric acid groups is 1. The van der Waals surface area contributed by atoms with E-state index in [4.69, 9.17) is 19.3 Å². The molecule has 1 aliphatic rings. The van der Waals surface area contributed by atoms with Crippen molar-refractivity contribution < 1.29 is 58.1 Å². The lowest BCUT2D eigenvalue weighted by molar-refractivity contribution is -0.161. The van der Waals surface area contributed by atoms with E-state index < -0.39 is 69.2 Å². The quantitative estimate of drug-likeness (QED) is 0.0195. The van der Waals surface area contributed by atoms with Crippen molar-refractivity contribution in [1.29, 1.82) is 0 Å². The summed E-state index contributed by atoms with van der Waals surface area (Å²) in [5.74, 6) is -2.20. The van der Waals surface area contributed by atoms with Gasteiger partial charge in [-0.15, -0.1) is 0 Å². The second kappa shape index (κ2) is 30.7. The summed E-state index contributed by atoms with van der Waals surface area (Å²) in [5.41, 5.74) is 0. The minimum absolute atomic E-state index is 0.0247. The largest absolute Gasteiger partial charge is 0.469 e. The third kappa shape index (κ3) is 26.4. The van der Waals surface area contributed by atoms with E-state index in [1.54, 1.807) is 12.2 Å². The average molecular weight is 785 g/mol. The highest BCUT2D eigenvalue weighted by Crippen LogP contribution is 2.37. The Kier molecular flexibility index (Phi) is 28.2. The van der Waals surface area contributed by atoms with Gasteiger partial charge in [-0.05, 0) is 57.8 Å². The molecule has 6 atom stereocenters. The van der Waals surface area contributed by atoms with Crippen LogP contribution in [0, 0.1) is 11.8 Å². The molecule has 1 fully saturated rings. The molecule has 1 aliphatic carbocycles. The molecule has 0 spiro atoms. The maximum Gasteiger partial charge on any atom is 0.469 e. The van der Waals surface area contributed by atoms with Crippen molar-refractivity contribution in [1.82, 2.24) is 0 Å². The van der Waals surface area contributed by atoms with Crippen molar-refractivity contribution in [2.45, 2.75) is 167 Å². The highest BCUT2D eigenvalue weighted by Gasteiger charge is 2.41. The minimum Gasteiger partial charge on any atom is -0.462 e. The van der Waals surface area contributed by atoms with E-state index in [-0.39, 0.29) is 37.9 Å². The number of aliphatic hydroxyl groups is 3.